The zero-order valence-corrected chi connectivity index (χ0v) is 12.6. The molecule has 19 heavy (non-hydrogen) atoms. The molecular weight excluding hydrogens is 234 g/mol. The van der Waals surface area contributed by atoms with Crippen molar-refractivity contribution >= 4 is 5.78 Å². The first-order chi connectivity index (χ1) is 8.88. The van der Waals surface area contributed by atoms with Gasteiger partial charge >= 0.3 is 0 Å². The van der Waals surface area contributed by atoms with Crippen molar-refractivity contribution in [3.63, 3.8) is 0 Å². The Morgan fingerprint density at radius 2 is 1.84 bits per heavy atom. The van der Waals surface area contributed by atoms with Gasteiger partial charge in [0.25, 0.3) is 0 Å². The van der Waals surface area contributed by atoms with Gasteiger partial charge in [-0.1, -0.05) is 38.1 Å². The van der Waals surface area contributed by atoms with Gasteiger partial charge in [-0.05, 0) is 37.3 Å². The van der Waals surface area contributed by atoms with Crippen LogP contribution in [-0.4, -0.2) is 22.8 Å². The Kier molecular flexibility index (Phi) is 4.10. The topological polar surface area (TPSA) is 20.3 Å². The molecule has 2 rings (SSSR count). The van der Waals surface area contributed by atoms with Crippen LogP contribution in [0.2, 0.25) is 0 Å². The molecular formula is C17H25NO. The lowest BCUT2D eigenvalue weighted by atomic mass is 9.89. The number of carbonyl (C=O) groups excluding carboxylic acids is 1. The van der Waals surface area contributed by atoms with Crippen LogP contribution in [-0.2, 0) is 11.3 Å². The number of Topliss-reactive ketones (excluding diaryl/α,β-unsaturated/α-hetero) is 1. The van der Waals surface area contributed by atoms with Crippen LogP contribution in [0, 0.1) is 0 Å². The maximum absolute atomic E-state index is 11.7. The van der Waals surface area contributed by atoms with Crippen molar-refractivity contribution in [3.05, 3.63) is 35.4 Å². The van der Waals surface area contributed by atoms with Crippen molar-refractivity contribution in [1.29, 1.82) is 0 Å². The average Bonchev–Trinajstić information content (AvgIpc) is 2.35. The van der Waals surface area contributed by atoms with Gasteiger partial charge in [-0.25, -0.2) is 0 Å². The van der Waals surface area contributed by atoms with E-state index in [-0.39, 0.29) is 5.54 Å². The van der Waals surface area contributed by atoms with E-state index >= 15 is 0 Å². The van der Waals surface area contributed by atoms with Gasteiger partial charge in [0.15, 0.2) is 0 Å². The summed E-state index contributed by atoms with van der Waals surface area (Å²) in [5.41, 5.74) is 2.80. The Balaban J connectivity index is 2.09. The van der Waals surface area contributed by atoms with E-state index in [1.54, 1.807) is 0 Å². The number of rotatable bonds is 3. The fourth-order valence-electron chi connectivity index (χ4n) is 2.61. The highest BCUT2D eigenvalue weighted by atomic mass is 16.1. The Hall–Kier alpha value is -1.15. The molecule has 1 aromatic carbocycles. The van der Waals surface area contributed by atoms with Crippen LogP contribution in [0.4, 0.5) is 0 Å². The number of likely N-dealkylation sites (tertiary alicyclic amines) is 1. The van der Waals surface area contributed by atoms with E-state index in [1.807, 2.05) is 0 Å². The molecule has 2 nitrogen and oxygen atoms in total. The summed E-state index contributed by atoms with van der Waals surface area (Å²) < 4.78 is 0. The van der Waals surface area contributed by atoms with E-state index < -0.39 is 0 Å². The van der Waals surface area contributed by atoms with Crippen LogP contribution in [0.1, 0.15) is 57.6 Å². The second-order valence-corrected chi connectivity index (χ2v) is 6.60. The van der Waals surface area contributed by atoms with E-state index in [4.69, 9.17) is 0 Å². The highest BCUT2D eigenvalue weighted by molar-refractivity contribution is 5.81. The van der Waals surface area contributed by atoms with Crippen LogP contribution in [0.5, 0.6) is 0 Å². The third-order valence-electron chi connectivity index (χ3n) is 4.26. The standard InChI is InChI=1S/C17H25NO/c1-13(2)15-7-5-14(6-8-15)11-18-12-16(19)9-10-17(18,3)4/h5-8,13H,9-12H2,1-4H3. The van der Waals surface area contributed by atoms with Gasteiger partial charge < -0.3 is 0 Å². The van der Waals surface area contributed by atoms with Crippen LogP contribution < -0.4 is 0 Å². The molecule has 0 saturated carbocycles. The molecule has 2 heteroatoms. The maximum Gasteiger partial charge on any atom is 0.146 e. The maximum atomic E-state index is 11.7. The second-order valence-electron chi connectivity index (χ2n) is 6.60. The number of nitrogens with zero attached hydrogens (tertiary/aromatic N) is 1. The molecule has 1 aromatic rings. The first-order valence-corrected chi connectivity index (χ1v) is 7.24. The fraction of sp³-hybridized carbons (Fsp3) is 0.588. The minimum Gasteiger partial charge on any atom is -0.298 e. The first kappa shape index (κ1) is 14.3. The van der Waals surface area contributed by atoms with Crippen molar-refractivity contribution in [1.82, 2.24) is 4.90 Å². The largest absolute Gasteiger partial charge is 0.298 e. The molecule has 0 spiro atoms. The van der Waals surface area contributed by atoms with Crippen molar-refractivity contribution in [3.8, 4) is 0 Å². The zero-order chi connectivity index (χ0) is 14.0. The summed E-state index contributed by atoms with van der Waals surface area (Å²) in [5, 5.41) is 0. The quantitative estimate of drug-likeness (QED) is 0.824. The molecule has 0 aliphatic carbocycles. The number of hydrogen-bond acceptors (Lipinski definition) is 2. The Morgan fingerprint density at radius 1 is 1.21 bits per heavy atom. The van der Waals surface area contributed by atoms with E-state index in [0.29, 0.717) is 18.2 Å². The smallest absolute Gasteiger partial charge is 0.146 e. The molecule has 0 aromatic heterocycles. The van der Waals surface area contributed by atoms with Crippen LogP contribution >= 0.6 is 0 Å². The predicted octanol–water partition coefficient (Wildman–Crippen LogP) is 3.75. The third-order valence-corrected chi connectivity index (χ3v) is 4.26. The van der Waals surface area contributed by atoms with Gasteiger partial charge in [0, 0.05) is 18.5 Å². The minimum atomic E-state index is 0.130. The monoisotopic (exact) mass is 259 g/mol. The molecule has 1 saturated heterocycles. The molecule has 0 atom stereocenters. The molecule has 1 fully saturated rings. The van der Waals surface area contributed by atoms with Gasteiger partial charge in [0.1, 0.15) is 5.78 Å². The van der Waals surface area contributed by atoms with Crippen molar-refractivity contribution in [2.75, 3.05) is 6.54 Å². The highest BCUT2D eigenvalue weighted by Gasteiger charge is 2.32. The summed E-state index contributed by atoms with van der Waals surface area (Å²) in [6.45, 7) is 10.4. The summed E-state index contributed by atoms with van der Waals surface area (Å²) in [5.74, 6) is 0.945. The van der Waals surface area contributed by atoms with E-state index in [2.05, 4.69) is 56.9 Å². The second kappa shape index (κ2) is 5.46. The van der Waals surface area contributed by atoms with E-state index in [9.17, 15) is 4.79 Å². The number of carbonyl (C=O) groups is 1. The van der Waals surface area contributed by atoms with Crippen molar-refractivity contribution in [2.24, 2.45) is 0 Å². The normalized spacial score (nSPS) is 19.9. The molecule has 0 amide bonds. The highest BCUT2D eigenvalue weighted by Crippen LogP contribution is 2.27. The number of ketones is 1. The van der Waals surface area contributed by atoms with Crippen molar-refractivity contribution < 1.29 is 4.79 Å². The lowest BCUT2D eigenvalue weighted by Gasteiger charge is -2.41. The average molecular weight is 259 g/mol. The minimum absolute atomic E-state index is 0.130. The Bertz CT molecular complexity index is 445. The van der Waals surface area contributed by atoms with Gasteiger partial charge in [-0.3, -0.25) is 9.69 Å². The summed E-state index contributed by atoms with van der Waals surface area (Å²) in [7, 11) is 0. The van der Waals surface area contributed by atoms with Crippen LogP contribution in [0.15, 0.2) is 24.3 Å². The van der Waals surface area contributed by atoms with Crippen molar-refractivity contribution in [2.45, 2.75) is 58.5 Å². The van der Waals surface area contributed by atoms with Gasteiger partial charge in [-0.2, -0.15) is 0 Å². The SMILES string of the molecule is CC(C)c1ccc(CN2CC(=O)CCC2(C)C)cc1. The molecule has 0 N–H and O–H groups in total. The molecule has 1 aliphatic heterocycles. The van der Waals surface area contributed by atoms with Gasteiger partial charge in [0.05, 0.1) is 6.54 Å². The molecule has 0 radical (unpaired) electrons. The zero-order valence-electron chi connectivity index (χ0n) is 12.6. The Morgan fingerprint density at radius 3 is 2.42 bits per heavy atom. The predicted molar refractivity (Wildman–Crippen MR) is 79.3 cm³/mol. The number of piperidine rings is 1. The summed E-state index contributed by atoms with van der Waals surface area (Å²) >= 11 is 0. The lowest BCUT2D eigenvalue weighted by Crippen LogP contribution is -2.50. The molecule has 1 aliphatic rings. The van der Waals surface area contributed by atoms with Gasteiger partial charge in [-0.15, -0.1) is 0 Å². The van der Waals surface area contributed by atoms with E-state index in [1.165, 1.54) is 11.1 Å². The summed E-state index contributed by atoms with van der Waals surface area (Å²) in [4.78, 5) is 14.0. The molecule has 0 bridgehead atoms. The third kappa shape index (κ3) is 3.44. The van der Waals surface area contributed by atoms with E-state index in [0.717, 1.165) is 19.4 Å². The van der Waals surface area contributed by atoms with Crippen LogP contribution in [0.25, 0.3) is 0 Å². The number of benzene rings is 1. The van der Waals surface area contributed by atoms with Gasteiger partial charge in [0.2, 0.25) is 0 Å². The summed E-state index contributed by atoms with van der Waals surface area (Å²) in [6.07, 6.45) is 1.70. The molecule has 0 unspecified atom stereocenters. The number of hydrogen-bond donors (Lipinski definition) is 0. The van der Waals surface area contributed by atoms with Crippen LogP contribution in [0.3, 0.4) is 0 Å². The summed E-state index contributed by atoms with van der Waals surface area (Å²) in [6, 6.07) is 8.81. The Labute approximate surface area is 116 Å². The fourth-order valence-corrected chi connectivity index (χ4v) is 2.61. The molecule has 104 valence electrons. The first-order valence-electron chi connectivity index (χ1n) is 7.24. The molecule has 1 heterocycles. The lowest BCUT2D eigenvalue weighted by molar-refractivity contribution is -0.126.